The predicted octanol–water partition coefficient (Wildman–Crippen LogP) is 0.972. The summed E-state index contributed by atoms with van der Waals surface area (Å²) >= 11 is 0. The average molecular weight is 208 g/mol. The molecule has 2 rings (SSSR count). The topological polar surface area (TPSA) is 45.6 Å². The number of aromatic nitrogens is 1. The maximum Gasteiger partial charge on any atom is 0.134 e. The first-order valence-corrected chi connectivity index (χ1v) is 5.24. The van der Waals surface area contributed by atoms with Crippen molar-refractivity contribution in [1.29, 1.82) is 0 Å². The van der Waals surface area contributed by atoms with Crippen molar-refractivity contribution in [2.24, 2.45) is 0 Å². The summed E-state index contributed by atoms with van der Waals surface area (Å²) in [5, 5.41) is 9.64. The zero-order valence-corrected chi connectivity index (χ0v) is 8.89. The maximum atomic E-state index is 9.64. The number of nitrogens with zero attached hydrogens (tertiary/aromatic N) is 2. The summed E-state index contributed by atoms with van der Waals surface area (Å²) in [6.45, 7) is 4.92. The highest BCUT2D eigenvalue weighted by Gasteiger charge is 2.17. The summed E-state index contributed by atoms with van der Waals surface area (Å²) < 4.78 is 5.29. The number of morpholine rings is 1. The van der Waals surface area contributed by atoms with Crippen molar-refractivity contribution in [2.45, 2.75) is 13.0 Å². The zero-order valence-electron chi connectivity index (χ0n) is 8.89. The summed E-state index contributed by atoms with van der Waals surface area (Å²) in [7, 11) is 0. The first-order chi connectivity index (χ1) is 7.29. The van der Waals surface area contributed by atoms with E-state index in [0.717, 1.165) is 37.7 Å². The number of hydrogen-bond donors (Lipinski definition) is 1. The van der Waals surface area contributed by atoms with Crippen molar-refractivity contribution in [2.75, 3.05) is 31.2 Å². The quantitative estimate of drug-likeness (QED) is 0.786. The molecule has 1 fully saturated rings. The molecule has 1 aliphatic heterocycles. The van der Waals surface area contributed by atoms with Gasteiger partial charge in [0, 0.05) is 24.8 Å². The second-order valence-corrected chi connectivity index (χ2v) is 3.69. The van der Waals surface area contributed by atoms with Gasteiger partial charge in [0.25, 0.3) is 0 Å². The van der Waals surface area contributed by atoms with E-state index in [9.17, 15) is 5.11 Å². The lowest BCUT2D eigenvalue weighted by molar-refractivity contribution is 0.121. The Morgan fingerprint density at radius 3 is 2.87 bits per heavy atom. The molecule has 1 N–H and O–H groups in total. The number of pyridine rings is 1. The number of anilines is 1. The first-order valence-electron chi connectivity index (χ1n) is 5.24. The standard InChI is InChI=1S/C11H16N2O2/c1-9(14)10-3-2-4-12-11(10)13-5-7-15-8-6-13/h2-4,9,14H,5-8H2,1H3/t9-/m1/s1. The summed E-state index contributed by atoms with van der Waals surface area (Å²) in [6, 6.07) is 3.77. The molecule has 0 saturated carbocycles. The highest BCUT2D eigenvalue weighted by molar-refractivity contribution is 5.48. The molecule has 0 bridgehead atoms. The van der Waals surface area contributed by atoms with Crippen LogP contribution in [0.25, 0.3) is 0 Å². The van der Waals surface area contributed by atoms with Crippen LogP contribution in [-0.4, -0.2) is 36.4 Å². The minimum Gasteiger partial charge on any atom is -0.389 e. The number of aliphatic hydroxyl groups is 1. The normalized spacial score (nSPS) is 18.9. The number of hydrogen-bond acceptors (Lipinski definition) is 4. The molecule has 1 aliphatic rings. The van der Waals surface area contributed by atoms with Gasteiger partial charge in [-0.25, -0.2) is 4.98 Å². The van der Waals surface area contributed by atoms with Gasteiger partial charge < -0.3 is 14.7 Å². The lowest BCUT2D eigenvalue weighted by Gasteiger charge is -2.29. The minimum absolute atomic E-state index is 0.475. The fourth-order valence-electron chi connectivity index (χ4n) is 1.77. The van der Waals surface area contributed by atoms with Crippen LogP contribution in [0.4, 0.5) is 5.82 Å². The van der Waals surface area contributed by atoms with Crippen LogP contribution in [0.1, 0.15) is 18.6 Å². The zero-order chi connectivity index (χ0) is 10.7. The predicted molar refractivity (Wildman–Crippen MR) is 57.9 cm³/mol. The Morgan fingerprint density at radius 1 is 1.47 bits per heavy atom. The van der Waals surface area contributed by atoms with Crippen molar-refractivity contribution >= 4 is 5.82 Å². The molecule has 1 aromatic rings. The van der Waals surface area contributed by atoms with Crippen molar-refractivity contribution in [3.8, 4) is 0 Å². The Bertz CT molecular complexity index is 322. The van der Waals surface area contributed by atoms with Gasteiger partial charge >= 0.3 is 0 Å². The van der Waals surface area contributed by atoms with Crippen LogP contribution in [0.2, 0.25) is 0 Å². The fourth-order valence-corrected chi connectivity index (χ4v) is 1.77. The Morgan fingerprint density at radius 2 is 2.20 bits per heavy atom. The van der Waals surface area contributed by atoms with Gasteiger partial charge in [-0.15, -0.1) is 0 Å². The first kappa shape index (κ1) is 10.4. The molecule has 2 heterocycles. The van der Waals surface area contributed by atoms with Crippen molar-refractivity contribution in [3.63, 3.8) is 0 Å². The number of aliphatic hydroxyl groups excluding tert-OH is 1. The molecule has 4 nitrogen and oxygen atoms in total. The Labute approximate surface area is 89.5 Å². The molecule has 0 aromatic carbocycles. The second kappa shape index (κ2) is 4.59. The molecular weight excluding hydrogens is 192 g/mol. The third-order valence-electron chi connectivity index (χ3n) is 2.58. The van der Waals surface area contributed by atoms with E-state index in [2.05, 4.69) is 9.88 Å². The van der Waals surface area contributed by atoms with Crippen molar-refractivity contribution in [1.82, 2.24) is 4.98 Å². The maximum absolute atomic E-state index is 9.64. The van der Waals surface area contributed by atoms with Crippen molar-refractivity contribution < 1.29 is 9.84 Å². The molecule has 0 radical (unpaired) electrons. The summed E-state index contributed by atoms with van der Waals surface area (Å²) in [4.78, 5) is 6.49. The van der Waals surface area contributed by atoms with Gasteiger partial charge in [-0.05, 0) is 13.0 Å². The third-order valence-corrected chi connectivity index (χ3v) is 2.58. The lowest BCUT2D eigenvalue weighted by atomic mass is 10.1. The molecule has 0 unspecified atom stereocenters. The van der Waals surface area contributed by atoms with Crippen molar-refractivity contribution in [3.05, 3.63) is 23.9 Å². The van der Waals surface area contributed by atoms with E-state index in [-0.39, 0.29) is 0 Å². The van der Waals surface area contributed by atoms with Gasteiger partial charge in [0.2, 0.25) is 0 Å². The van der Waals surface area contributed by atoms with E-state index >= 15 is 0 Å². The monoisotopic (exact) mass is 208 g/mol. The highest BCUT2D eigenvalue weighted by Crippen LogP contribution is 2.23. The minimum atomic E-state index is -0.475. The van der Waals surface area contributed by atoms with E-state index in [1.165, 1.54) is 0 Å². The van der Waals surface area contributed by atoms with E-state index in [1.807, 2.05) is 12.1 Å². The van der Waals surface area contributed by atoms with Crippen LogP contribution in [-0.2, 0) is 4.74 Å². The number of ether oxygens (including phenoxy) is 1. The Kier molecular flexibility index (Phi) is 3.18. The van der Waals surface area contributed by atoms with Crippen LogP contribution < -0.4 is 4.90 Å². The van der Waals surface area contributed by atoms with E-state index in [0.29, 0.717) is 0 Å². The van der Waals surface area contributed by atoms with Crippen LogP contribution in [0.5, 0.6) is 0 Å². The van der Waals surface area contributed by atoms with Crippen LogP contribution in [0.15, 0.2) is 18.3 Å². The summed E-state index contributed by atoms with van der Waals surface area (Å²) in [5.41, 5.74) is 0.888. The lowest BCUT2D eigenvalue weighted by Crippen LogP contribution is -2.37. The Balaban J connectivity index is 2.25. The van der Waals surface area contributed by atoms with E-state index < -0.39 is 6.10 Å². The smallest absolute Gasteiger partial charge is 0.134 e. The molecular formula is C11H16N2O2. The molecule has 15 heavy (non-hydrogen) atoms. The molecule has 4 heteroatoms. The average Bonchev–Trinajstić information content (AvgIpc) is 2.30. The molecule has 0 spiro atoms. The van der Waals surface area contributed by atoms with E-state index in [1.54, 1.807) is 13.1 Å². The van der Waals surface area contributed by atoms with Gasteiger partial charge in [0.05, 0.1) is 19.3 Å². The molecule has 82 valence electrons. The summed E-state index contributed by atoms with van der Waals surface area (Å²) in [6.07, 6.45) is 1.29. The van der Waals surface area contributed by atoms with Crippen LogP contribution in [0, 0.1) is 0 Å². The largest absolute Gasteiger partial charge is 0.389 e. The molecule has 1 aromatic heterocycles. The van der Waals surface area contributed by atoms with E-state index in [4.69, 9.17) is 4.74 Å². The SMILES string of the molecule is C[C@@H](O)c1cccnc1N1CCOCC1. The Hall–Kier alpha value is -1.13. The molecule has 0 aliphatic carbocycles. The third kappa shape index (κ3) is 2.27. The van der Waals surface area contributed by atoms with Gasteiger partial charge in [-0.1, -0.05) is 6.07 Å². The van der Waals surface area contributed by atoms with Gasteiger partial charge in [-0.2, -0.15) is 0 Å². The fraction of sp³-hybridized carbons (Fsp3) is 0.545. The molecule has 1 atom stereocenters. The van der Waals surface area contributed by atoms with Gasteiger partial charge in [-0.3, -0.25) is 0 Å². The second-order valence-electron chi connectivity index (χ2n) is 3.69. The molecule has 1 saturated heterocycles. The van der Waals surface area contributed by atoms with Crippen LogP contribution >= 0.6 is 0 Å². The number of rotatable bonds is 2. The van der Waals surface area contributed by atoms with Gasteiger partial charge in [0.15, 0.2) is 0 Å². The highest BCUT2D eigenvalue weighted by atomic mass is 16.5. The van der Waals surface area contributed by atoms with Gasteiger partial charge in [0.1, 0.15) is 5.82 Å². The molecule has 0 amide bonds. The van der Waals surface area contributed by atoms with Crippen LogP contribution in [0.3, 0.4) is 0 Å². The summed E-state index contributed by atoms with van der Waals surface area (Å²) in [5.74, 6) is 0.885.